The summed E-state index contributed by atoms with van der Waals surface area (Å²) in [6.07, 6.45) is 0.531. The van der Waals surface area contributed by atoms with Gasteiger partial charge in [-0.1, -0.05) is 43.7 Å². The number of benzene rings is 1. The number of aromatic nitrogens is 2. The van der Waals surface area contributed by atoms with Crippen molar-refractivity contribution in [3.05, 3.63) is 42.1 Å². The number of nitrogens with one attached hydrogen (secondary N) is 1. The Morgan fingerprint density at radius 3 is 2.11 bits per heavy atom. The van der Waals surface area contributed by atoms with Gasteiger partial charge in [0.15, 0.2) is 5.82 Å². The second-order valence-corrected chi connectivity index (χ2v) is 14.8. The van der Waals surface area contributed by atoms with E-state index in [1.807, 2.05) is 42.2 Å². The molecule has 2 aromatic rings. The van der Waals surface area contributed by atoms with Crippen LogP contribution in [-0.4, -0.2) is 122 Å². The van der Waals surface area contributed by atoms with Gasteiger partial charge < -0.3 is 29.5 Å². The molecule has 3 amide bonds. The molecule has 3 aliphatic rings. The van der Waals surface area contributed by atoms with E-state index in [4.69, 9.17) is 33.6 Å². The number of hydrogen-bond donors (Lipinski definition) is 1. The third kappa shape index (κ3) is 10.3. The molecule has 17 nitrogen and oxygen atoms in total. The number of piperidine rings is 1. The van der Waals surface area contributed by atoms with Crippen LogP contribution in [0.1, 0.15) is 51.0 Å². The normalized spacial score (nSPS) is 20.1. The number of unbranched alkanes of at least 4 members (excludes halogenated alkanes) is 1. The van der Waals surface area contributed by atoms with Crippen LogP contribution >= 0.6 is 7.60 Å². The first-order chi connectivity index (χ1) is 25.6. The second-order valence-electron chi connectivity index (χ2n) is 12.9. The molecule has 1 aliphatic carbocycles. The highest BCUT2D eigenvalue weighted by atomic mass is 31.2. The number of rotatable bonds is 18. The molecule has 290 valence electrons. The summed E-state index contributed by atoms with van der Waals surface area (Å²) in [5.41, 5.74) is 0.621. The van der Waals surface area contributed by atoms with Gasteiger partial charge in [-0.2, -0.15) is 0 Å². The minimum Gasteiger partial charge on any atom is -0.466 e. The van der Waals surface area contributed by atoms with Gasteiger partial charge >= 0.3 is 19.7 Å². The van der Waals surface area contributed by atoms with Crippen LogP contribution in [0, 0.1) is 17.8 Å². The fourth-order valence-corrected chi connectivity index (χ4v) is 7.81. The van der Waals surface area contributed by atoms with Crippen LogP contribution in [0.2, 0.25) is 0 Å². The molecule has 18 heteroatoms. The lowest BCUT2D eigenvalue weighted by molar-refractivity contribution is -0.263. The van der Waals surface area contributed by atoms with E-state index in [2.05, 4.69) is 10.3 Å². The van der Waals surface area contributed by atoms with Crippen LogP contribution in [0.15, 0.2) is 36.4 Å². The zero-order valence-corrected chi connectivity index (χ0v) is 31.5. The van der Waals surface area contributed by atoms with Gasteiger partial charge in [0.2, 0.25) is 5.91 Å². The van der Waals surface area contributed by atoms with Gasteiger partial charge in [-0.3, -0.25) is 18.9 Å². The van der Waals surface area contributed by atoms with Gasteiger partial charge in [0.1, 0.15) is 17.6 Å². The zero-order chi connectivity index (χ0) is 38.0. The van der Waals surface area contributed by atoms with Crippen molar-refractivity contribution in [2.24, 2.45) is 17.8 Å². The molecule has 2 aliphatic heterocycles. The second kappa shape index (κ2) is 18.7. The first kappa shape index (κ1) is 40.0. The average Bonchev–Trinajstić information content (AvgIpc) is 3.68. The quantitative estimate of drug-likeness (QED) is 0.0762. The van der Waals surface area contributed by atoms with Crippen LogP contribution in [0.3, 0.4) is 0 Å². The number of amides is 3. The first-order valence-electron chi connectivity index (χ1n) is 18.2. The Kier molecular flexibility index (Phi) is 14.2. The SMILES string of the molecule is CCCCOC(=O)N1CCN(C(=O)[C@H](CP(=O)(OOCC)OOCC)NC(=O)c2cc(N3C[C@@H]4C(C(=O)OCC)[C@@H]4C3)nc(-c3ccccc3)n2)CC1. The zero-order valence-electron chi connectivity index (χ0n) is 30.6. The number of esters is 1. The minimum absolute atomic E-state index is 0.0193. The number of hydrogen-bond acceptors (Lipinski definition) is 14. The van der Waals surface area contributed by atoms with E-state index < -0.39 is 37.7 Å². The maximum atomic E-state index is 14.1. The molecule has 1 aromatic heterocycles. The molecule has 1 unspecified atom stereocenters. The Labute approximate surface area is 309 Å². The van der Waals surface area contributed by atoms with Gasteiger partial charge in [0, 0.05) is 50.9 Å². The van der Waals surface area contributed by atoms with Crippen LogP contribution in [0.4, 0.5) is 10.6 Å². The first-order valence-corrected chi connectivity index (χ1v) is 19.9. The summed E-state index contributed by atoms with van der Waals surface area (Å²) in [5.74, 6) is -0.676. The number of nitrogens with zero attached hydrogens (tertiary/aromatic N) is 5. The third-order valence-electron chi connectivity index (χ3n) is 9.20. The monoisotopic (exact) mass is 760 g/mol. The molecule has 2 saturated heterocycles. The van der Waals surface area contributed by atoms with Gasteiger partial charge in [0.05, 0.1) is 38.5 Å². The summed E-state index contributed by atoms with van der Waals surface area (Å²) in [6, 6.07) is 9.22. The Morgan fingerprint density at radius 2 is 1.51 bits per heavy atom. The number of carbonyl (C=O) groups is 4. The fraction of sp³-hybridized carbons (Fsp3) is 0.600. The van der Waals surface area contributed by atoms with Crippen molar-refractivity contribution in [1.29, 1.82) is 0 Å². The highest BCUT2D eigenvalue weighted by molar-refractivity contribution is 7.53. The van der Waals surface area contributed by atoms with Gasteiger partial charge in [0.25, 0.3) is 5.91 Å². The van der Waals surface area contributed by atoms with Gasteiger partial charge in [-0.25, -0.2) is 24.5 Å². The summed E-state index contributed by atoms with van der Waals surface area (Å²) in [4.78, 5) is 77.4. The Morgan fingerprint density at radius 1 is 0.868 bits per heavy atom. The van der Waals surface area contributed by atoms with E-state index in [1.54, 1.807) is 20.8 Å². The van der Waals surface area contributed by atoms with E-state index in [0.717, 1.165) is 12.8 Å². The average molecular weight is 761 g/mol. The predicted octanol–water partition coefficient (Wildman–Crippen LogP) is 3.70. The summed E-state index contributed by atoms with van der Waals surface area (Å²) >= 11 is 0. The lowest BCUT2D eigenvalue weighted by atomic mass is 10.2. The highest BCUT2D eigenvalue weighted by Crippen LogP contribution is 2.53. The molecule has 53 heavy (non-hydrogen) atoms. The van der Waals surface area contributed by atoms with Gasteiger partial charge in [-0.15, -0.1) is 9.35 Å². The maximum Gasteiger partial charge on any atom is 0.409 e. The Bertz CT molecular complexity index is 1600. The van der Waals surface area contributed by atoms with Crippen molar-refractivity contribution in [3.63, 3.8) is 0 Å². The Balaban J connectivity index is 1.38. The summed E-state index contributed by atoms with van der Waals surface area (Å²) in [5, 5.41) is 2.71. The molecule has 5 rings (SSSR count). The smallest absolute Gasteiger partial charge is 0.409 e. The molecule has 0 spiro atoms. The molecule has 4 atom stereocenters. The van der Waals surface area contributed by atoms with Crippen LogP contribution in [0.25, 0.3) is 11.4 Å². The standard InChI is InChI=1S/C35H49N6O11P/c1-5-9-19-48-35(45)40-17-15-39(16-18-40)33(43)28(23-53(46,51-49-7-3)52-50-8-4)37-32(42)27-20-29(38-31(36-27)24-13-11-10-12-14-24)41-21-25-26(22-41)30(25)34(44)47-6-2/h10-14,20,25-26,28,30H,5-9,15-19,21-23H2,1-4H3,(H,37,42)/t25-,26+,28-,30?/m0/s1. The van der Waals surface area contributed by atoms with Crippen molar-refractivity contribution >= 4 is 37.3 Å². The number of piperazine rings is 1. The fourth-order valence-electron chi connectivity index (χ4n) is 6.44. The predicted molar refractivity (Wildman–Crippen MR) is 190 cm³/mol. The molecule has 1 N–H and O–H groups in total. The lowest BCUT2D eigenvalue weighted by Crippen LogP contribution is -2.57. The maximum absolute atomic E-state index is 14.1. The van der Waals surface area contributed by atoms with Crippen molar-refractivity contribution in [2.75, 3.05) is 76.8 Å². The number of carbonyl (C=O) groups excluding carboxylic acids is 4. The molecular formula is C35H49N6O11P. The third-order valence-corrected chi connectivity index (χ3v) is 10.7. The Hall–Kier alpha value is -4.15. The summed E-state index contributed by atoms with van der Waals surface area (Å²) in [7, 11) is -4.28. The molecular weight excluding hydrogens is 711 g/mol. The van der Waals surface area contributed by atoms with Crippen LogP contribution in [0.5, 0.6) is 0 Å². The number of anilines is 1. The van der Waals surface area contributed by atoms with Crippen molar-refractivity contribution < 1.29 is 52.3 Å². The van der Waals surface area contributed by atoms with Crippen LogP contribution in [-0.2, 0) is 42.8 Å². The highest BCUT2D eigenvalue weighted by Gasteiger charge is 2.60. The number of ether oxygens (including phenoxy) is 2. The molecule has 1 saturated carbocycles. The largest absolute Gasteiger partial charge is 0.466 e. The molecule has 3 heterocycles. The topological polar surface area (TPSA) is 188 Å². The van der Waals surface area contributed by atoms with E-state index in [9.17, 15) is 23.7 Å². The number of fused-ring (bicyclic) bond motifs is 1. The minimum atomic E-state index is -4.28. The molecule has 3 fully saturated rings. The van der Waals surface area contributed by atoms with E-state index in [0.29, 0.717) is 37.7 Å². The van der Waals surface area contributed by atoms with Crippen molar-refractivity contribution in [2.45, 2.75) is 46.6 Å². The van der Waals surface area contributed by atoms with E-state index >= 15 is 0 Å². The molecule has 0 radical (unpaired) electrons. The summed E-state index contributed by atoms with van der Waals surface area (Å²) in [6.45, 7) is 9.43. The molecule has 1 aromatic carbocycles. The van der Waals surface area contributed by atoms with Crippen molar-refractivity contribution in [1.82, 2.24) is 25.1 Å². The van der Waals surface area contributed by atoms with Crippen LogP contribution < -0.4 is 10.2 Å². The summed E-state index contributed by atoms with van der Waals surface area (Å²) < 4.78 is 34.5. The van der Waals surface area contributed by atoms with Crippen molar-refractivity contribution in [3.8, 4) is 11.4 Å². The van der Waals surface area contributed by atoms with E-state index in [1.165, 1.54) is 15.9 Å². The van der Waals surface area contributed by atoms with E-state index in [-0.39, 0.29) is 74.6 Å². The van der Waals surface area contributed by atoms with Gasteiger partial charge in [-0.05, 0) is 39.0 Å². The lowest BCUT2D eigenvalue weighted by Gasteiger charge is -2.36. The molecule has 0 bridgehead atoms.